The summed E-state index contributed by atoms with van der Waals surface area (Å²) in [6.07, 6.45) is 3.48. The Bertz CT molecular complexity index is 606. The molecule has 1 atom stereocenters. The largest absolute Gasteiger partial charge is 0.507 e. The van der Waals surface area contributed by atoms with Gasteiger partial charge < -0.3 is 9.84 Å². The van der Waals surface area contributed by atoms with Crippen molar-refractivity contribution in [2.45, 2.75) is 25.3 Å². The van der Waals surface area contributed by atoms with Gasteiger partial charge in [0.15, 0.2) is 0 Å². The lowest BCUT2D eigenvalue weighted by molar-refractivity contribution is 0.141. The number of fused-ring (bicyclic) bond motifs is 1. The minimum Gasteiger partial charge on any atom is -0.507 e. The molecule has 1 N–H and O–H groups in total. The molecule has 0 spiro atoms. The SMILES string of the molecule is COCCN1CCC[C@@H]1Cc1cccc2cccc(O)c12. The number of aromatic hydroxyl groups is 1. The zero-order chi connectivity index (χ0) is 14.7. The summed E-state index contributed by atoms with van der Waals surface area (Å²) in [6.45, 7) is 2.94. The van der Waals surface area contributed by atoms with Crippen molar-refractivity contribution < 1.29 is 9.84 Å². The summed E-state index contributed by atoms with van der Waals surface area (Å²) in [5.41, 5.74) is 1.25. The van der Waals surface area contributed by atoms with E-state index in [0.717, 1.165) is 36.9 Å². The fourth-order valence-electron chi connectivity index (χ4n) is 3.45. The molecule has 0 radical (unpaired) electrons. The molecule has 3 nitrogen and oxygen atoms in total. The molecule has 112 valence electrons. The molecule has 0 aromatic heterocycles. The van der Waals surface area contributed by atoms with Crippen LogP contribution >= 0.6 is 0 Å². The van der Waals surface area contributed by atoms with E-state index in [-0.39, 0.29) is 0 Å². The highest BCUT2D eigenvalue weighted by atomic mass is 16.5. The van der Waals surface area contributed by atoms with Crippen molar-refractivity contribution in [2.75, 3.05) is 26.8 Å². The van der Waals surface area contributed by atoms with Crippen molar-refractivity contribution in [1.29, 1.82) is 0 Å². The Morgan fingerprint density at radius 1 is 1.24 bits per heavy atom. The van der Waals surface area contributed by atoms with E-state index in [1.54, 1.807) is 13.2 Å². The van der Waals surface area contributed by atoms with Gasteiger partial charge >= 0.3 is 0 Å². The summed E-state index contributed by atoms with van der Waals surface area (Å²) in [4.78, 5) is 2.52. The molecule has 0 saturated carbocycles. The van der Waals surface area contributed by atoms with E-state index in [2.05, 4.69) is 29.2 Å². The highest BCUT2D eigenvalue weighted by Crippen LogP contribution is 2.30. The minimum absolute atomic E-state index is 0.393. The first-order valence-electron chi connectivity index (χ1n) is 7.72. The van der Waals surface area contributed by atoms with Gasteiger partial charge in [-0.25, -0.2) is 0 Å². The maximum absolute atomic E-state index is 10.2. The monoisotopic (exact) mass is 285 g/mol. The number of ether oxygens (including phenoxy) is 1. The zero-order valence-electron chi connectivity index (χ0n) is 12.6. The maximum Gasteiger partial charge on any atom is 0.123 e. The van der Waals surface area contributed by atoms with E-state index in [9.17, 15) is 5.11 Å². The third-order valence-corrected chi connectivity index (χ3v) is 4.51. The van der Waals surface area contributed by atoms with Crippen LogP contribution in [0.2, 0.25) is 0 Å². The molecule has 1 aliphatic heterocycles. The van der Waals surface area contributed by atoms with Crippen LogP contribution in [0, 0.1) is 0 Å². The van der Waals surface area contributed by atoms with E-state index in [1.165, 1.54) is 18.4 Å². The molecule has 0 amide bonds. The average Bonchev–Trinajstić information content (AvgIpc) is 2.93. The van der Waals surface area contributed by atoms with Gasteiger partial charge in [-0.05, 0) is 42.8 Å². The number of phenols is 1. The van der Waals surface area contributed by atoms with Crippen LogP contribution in [-0.4, -0.2) is 42.9 Å². The minimum atomic E-state index is 0.393. The Morgan fingerprint density at radius 3 is 2.86 bits per heavy atom. The summed E-state index contributed by atoms with van der Waals surface area (Å²) in [6, 6.07) is 12.6. The topological polar surface area (TPSA) is 32.7 Å². The van der Waals surface area contributed by atoms with Crippen molar-refractivity contribution in [3.63, 3.8) is 0 Å². The molecule has 1 saturated heterocycles. The summed E-state index contributed by atoms with van der Waals surface area (Å²) >= 11 is 0. The number of hydrogen-bond donors (Lipinski definition) is 1. The van der Waals surface area contributed by atoms with Gasteiger partial charge in [0.2, 0.25) is 0 Å². The van der Waals surface area contributed by atoms with Crippen LogP contribution in [-0.2, 0) is 11.2 Å². The number of hydrogen-bond acceptors (Lipinski definition) is 3. The molecular formula is C18H23NO2. The Kier molecular flexibility index (Phi) is 4.42. The van der Waals surface area contributed by atoms with E-state index < -0.39 is 0 Å². The van der Waals surface area contributed by atoms with Gasteiger partial charge in [-0.15, -0.1) is 0 Å². The van der Waals surface area contributed by atoms with E-state index in [4.69, 9.17) is 4.74 Å². The van der Waals surface area contributed by atoms with Crippen LogP contribution in [0.15, 0.2) is 36.4 Å². The van der Waals surface area contributed by atoms with E-state index in [0.29, 0.717) is 11.8 Å². The third kappa shape index (κ3) is 3.04. The smallest absolute Gasteiger partial charge is 0.123 e. The molecule has 0 aliphatic carbocycles. The summed E-state index contributed by atoms with van der Waals surface area (Å²) in [7, 11) is 1.76. The van der Waals surface area contributed by atoms with Crippen molar-refractivity contribution in [2.24, 2.45) is 0 Å². The van der Waals surface area contributed by atoms with Crippen LogP contribution in [0.1, 0.15) is 18.4 Å². The number of nitrogens with zero attached hydrogens (tertiary/aromatic N) is 1. The molecule has 1 heterocycles. The molecule has 3 heteroatoms. The van der Waals surface area contributed by atoms with Crippen LogP contribution in [0.4, 0.5) is 0 Å². The molecular weight excluding hydrogens is 262 g/mol. The summed E-state index contributed by atoms with van der Waals surface area (Å²) in [5, 5.41) is 12.3. The zero-order valence-corrected chi connectivity index (χ0v) is 12.6. The van der Waals surface area contributed by atoms with Gasteiger partial charge in [0, 0.05) is 25.1 Å². The second kappa shape index (κ2) is 6.46. The first-order chi connectivity index (χ1) is 10.3. The average molecular weight is 285 g/mol. The van der Waals surface area contributed by atoms with Crippen LogP contribution in [0.25, 0.3) is 10.8 Å². The highest BCUT2D eigenvalue weighted by Gasteiger charge is 2.24. The van der Waals surface area contributed by atoms with Crippen molar-refractivity contribution in [3.05, 3.63) is 42.0 Å². The van der Waals surface area contributed by atoms with Gasteiger partial charge in [-0.3, -0.25) is 4.90 Å². The predicted octanol–water partition coefficient (Wildman–Crippen LogP) is 3.20. The fourth-order valence-corrected chi connectivity index (χ4v) is 3.45. The molecule has 0 bridgehead atoms. The summed E-state index contributed by atoms with van der Waals surface area (Å²) < 4.78 is 5.21. The Morgan fingerprint density at radius 2 is 2.05 bits per heavy atom. The highest BCUT2D eigenvalue weighted by molar-refractivity contribution is 5.91. The number of likely N-dealkylation sites (tertiary alicyclic amines) is 1. The van der Waals surface area contributed by atoms with Crippen molar-refractivity contribution in [3.8, 4) is 5.75 Å². The molecule has 0 unspecified atom stereocenters. The normalized spacial score (nSPS) is 19.4. The lowest BCUT2D eigenvalue weighted by atomic mass is 9.97. The Balaban J connectivity index is 1.84. The second-order valence-corrected chi connectivity index (χ2v) is 5.82. The Labute approximate surface area is 126 Å². The van der Waals surface area contributed by atoms with Crippen LogP contribution in [0.3, 0.4) is 0 Å². The van der Waals surface area contributed by atoms with Crippen LogP contribution in [0.5, 0.6) is 5.75 Å². The van der Waals surface area contributed by atoms with Gasteiger partial charge in [0.05, 0.1) is 6.61 Å². The van der Waals surface area contributed by atoms with Gasteiger partial charge in [0.1, 0.15) is 5.75 Å². The predicted molar refractivity (Wildman–Crippen MR) is 85.8 cm³/mol. The van der Waals surface area contributed by atoms with Crippen molar-refractivity contribution in [1.82, 2.24) is 4.90 Å². The van der Waals surface area contributed by atoms with Gasteiger partial charge in [0.25, 0.3) is 0 Å². The van der Waals surface area contributed by atoms with E-state index in [1.807, 2.05) is 6.07 Å². The number of phenolic OH excluding ortho intramolecular Hbond substituents is 1. The summed E-state index contributed by atoms with van der Waals surface area (Å²) in [5.74, 6) is 0.393. The number of methoxy groups -OCH3 is 1. The van der Waals surface area contributed by atoms with Crippen molar-refractivity contribution >= 4 is 10.8 Å². The molecule has 1 fully saturated rings. The maximum atomic E-state index is 10.2. The van der Waals surface area contributed by atoms with E-state index >= 15 is 0 Å². The van der Waals surface area contributed by atoms with Gasteiger partial charge in [-0.2, -0.15) is 0 Å². The lowest BCUT2D eigenvalue weighted by Gasteiger charge is -2.24. The first kappa shape index (κ1) is 14.4. The number of rotatable bonds is 5. The first-order valence-corrected chi connectivity index (χ1v) is 7.72. The molecule has 2 aromatic carbocycles. The standard InChI is InChI=1S/C18H23NO2/c1-21-12-11-19-10-4-8-16(19)13-15-7-2-5-14-6-3-9-17(20)18(14)15/h2-3,5-7,9,16,20H,4,8,10-13H2,1H3/t16-/m1/s1. The van der Waals surface area contributed by atoms with Crippen LogP contribution < -0.4 is 0 Å². The van der Waals surface area contributed by atoms with Gasteiger partial charge in [-0.1, -0.05) is 30.3 Å². The third-order valence-electron chi connectivity index (χ3n) is 4.51. The molecule has 2 aromatic rings. The molecule has 3 rings (SSSR count). The molecule has 1 aliphatic rings. The molecule has 21 heavy (non-hydrogen) atoms. The quantitative estimate of drug-likeness (QED) is 0.915. The second-order valence-electron chi connectivity index (χ2n) is 5.82. The number of benzene rings is 2. The fraction of sp³-hybridized carbons (Fsp3) is 0.444. The lowest BCUT2D eigenvalue weighted by Crippen LogP contribution is -2.33. The Hall–Kier alpha value is -1.58.